The predicted octanol–water partition coefficient (Wildman–Crippen LogP) is 1.84. The van der Waals surface area contributed by atoms with Crippen molar-refractivity contribution in [2.75, 3.05) is 14.1 Å². The highest BCUT2D eigenvalue weighted by Gasteiger charge is 2.22. The molecule has 7 heteroatoms. The van der Waals surface area contributed by atoms with Gasteiger partial charge in [0.25, 0.3) is 11.8 Å². The van der Waals surface area contributed by atoms with Gasteiger partial charge in [-0.25, -0.2) is 5.48 Å². The van der Waals surface area contributed by atoms with Crippen molar-refractivity contribution in [2.24, 2.45) is 0 Å². The zero-order valence-corrected chi connectivity index (χ0v) is 14.7. The number of nitrogens with one attached hydrogen (secondary N) is 1. The Kier molecular flexibility index (Phi) is 5.18. The molecule has 1 unspecified atom stereocenters. The number of fused-ring (bicyclic) bond motifs is 1. The van der Waals surface area contributed by atoms with Gasteiger partial charge in [0.05, 0.1) is 0 Å². The molecular formula is C19H21N3O4. The predicted molar refractivity (Wildman–Crippen MR) is 94.4 cm³/mol. The number of rotatable bonds is 4. The molecule has 2 amide bonds. The van der Waals surface area contributed by atoms with Crippen molar-refractivity contribution in [1.82, 2.24) is 15.4 Å². The molecule has 136 valence electrons. The standard InChI is InChI=1S/C19H21N3O4/c1-22(2)19(24)17-11-16(7-8-20-17)26-15-6-5-12-3-4-13(18(23)21-25)9-14(12)10-15/h3-4,7-9,11,15,25H,5-6,10H2,1-2H3,(H,21,23). The second-order valence-corrected chi connectivity index (χ2v) is 6.48. The zero-order valence-electron chi connectivity index (χ0n) is 14.7. The van der Waals surface area contributed by atoms with Crippen LogP contribution in [0.5, 0.6) is 5.75 Å². The number of hydrogen-bond acceptors (Lipinski definition) is 5. The molecule has 0 fully saturated rings. The molecule has 0 bridgehead atoms. The van der Waals surface area contributed by atoms with E-state index in [2.05, 4.69) is 4.98 Å². The third-order valence-electron chi connectivity index (χ3n) is 4.41. The summed E-state index contributed by atoms with van der Waals surface area (Å²) in [6.45, 7) is 0. The van der Waals surface area contributed by atoms with E-state index < -0.39 is 5.91 Å². The maximum atomic E-state index is 12.0. The van der Waals surface area contributed by atoms with Gasteiger partial charge in [-0.2, -0.15) is 0 Å². The molecule has 0 saturated carbocycles. The Morgan fingerprint density at radius 3 is 2.77 bits per heavy atom. The van der Waals surface area contributed by atoms with Crippen molar-refractivity contribution in [3.05, 3.63) is 58.9 Å². The molecule has 3 rings (SSSR count). The van der Waals surface area contributed by atoms with E-state index in [9.17, 15) is 9.59 Å². The summed E-state index contributed by atoms with van der Waals surface area (Å²) in [6, 6.07) is 8.78. The number of carbonyl (C=O) groups is 2. The number of ether oxygens (including phenoxy) is 1. The van der Waals surface area contributed by atoms with Crippen LogP contribution in [0.3, 0.4) is 0 Å². The van der Waals surface area contributed by atoms with E-state index in [1.807, 2.05) is 6.07 Å². The van der Waals surface area contributed by atoms with Crippen LogP contribution >= 0.6 is 0 Å². The van der Waals surface area contributed by atoms with Gasteiger partial charge >= 0.3 is 0 Å². The van der Waals surface area contributed by atoms with Gasteiger partial charge in [-0.05, 0) is 42.2 Å². The van der Waals surface area contributed by atoms with Crippen molar-refractivity contribution in [3.8, 4) is 5.75 Å². The molecule has 1 aromatic heterocycles. The minimum Gasteiger partial charge on any atom is -0.490 e. The number of hydrogen-bond donors (Lipinski definition) is 2. The molecule has 1 aliphatic rings. The first-order chi connectivity index (χ1) is 12.5. The minimum atomic E-state index is -0.531. The van der Waals surface area contributed by atoms with Gasteiger partial charge in [0.2, 0.25) is 0 Å². The monoisotopic (exact) mass is 355 g/mol. The van der Waals surface area contributed by atoms with Gasteiger partial charge in [0, 0.05) is 38.3 Å². The molecule has 0 spiro atoms. The Balaban J connectivity index is 1.74. The van der Waals surface area contributed by atoms with Gasteiger partial charge in [-0.1, -0.05) is 6.07 Å². The molecule has 1 aliphatic carbocycles. The van der Waals surface area contributed by atoms with E-state index in [1.165, 1.54) is 10.5 Å². The number of aryl methyl sites for hydroxylation is 1. The van der Waals surface area contributed by atoms with Gasteiger partial charge in [-0.15, -0.1) is 0 Å². The summed E-state index contributed by atoms with van der Waals surface area (Å²) < 4.78 is 6.05. The Bertz CT molecular complexity index is 835. The second-order valence-electron chi connectivity index (χ2n) is 6.48. The Labute approximate surface area is 151 Å². The summed E-state index contributed by atoms with van der Waals surface area (Å²) in [6.07, 6.45) is 3.85. The van der Waals surface area contributed by atoms with Crippen molar-refractivity contribution < 1.29 is 19.5 Å². The van der Waals surface area contributed by atoms with Crippen LogP contribution in [-0.4, -0.2) is 47.1 Å². The molecule has 0 aliphatic heterocycles. The number of carbonyl (C=O) groups excluding carboxylic acids is 2. The van der Waals surface area contributed by atoms with Crippen molar-refractivity contribution in [2.45, 2.75) is 25.4 Å². The lowest BCUT2D eigenvalue weighted by molar-refractivity contribution is 0.0706. The topological polar surface area (TPSA) is 91.8 Å². The molecule has 7 nitrogen and oxygen atoms in total. The van der Waals surface area contributed by atoms with Crippen LogP contribution in [0.2, 0.25) is 0 Å². The number of hydroxylamine groups is 1. The number of benzene rings is 1. The van der Waals surface area contributed by atoms with Crippen LogP contribution in [-0.2, 0) is 12.8 Å². The number of nitrogens with zero attached hydrogens (tertiary/aromatic N) is 2. The zero-order chi connectivity index (χ0) is 18.7. The summed E-state index contributed by atoms with van der Waals surface area (Å²) in [4.78, 5) is 29.2. The summed E-state index contributed by atoms with van der Waals surface area (Å²) in [5.74, 6) is -0.108. The molecule has 1 atom stereocenters. The van der Waals surface area contributed by atoms with Crippen LogP contribution < -0.4 is 10.2 Å². The Hall–Kier alpha value is -2.93. The average Bonchev–Trinajstić information content (AvgIpc) is 2.66. The minimum absolute atomic E-state index is 0.0559. The van der Waals surface area contributed by atoms with Crippen LogP contribution in [0.15, 0.2) is 36.5 Å². The first-order valence-corrected chi connectivity index (χ1v) is 8.38. The first kappa shape index (κ1) is 17.9. The third kappa shape index (κ3) is 3.83. The maximum absolute atomic E-state index is 12.0. The Morgan fingerprint density at radius 2 is 2.04 bits per heavy atom. The highest BCUT2D eigenvalue weighted by atomic mass is 16.5. The second kappa shape index (κ2) is 7.53. The van der Waals surface area contributed by atoms with Crippen molar-refractivity contribution in [1.29, 1.82) is 0 Å². The SMILES string of the molecule is CN(C)C(=O)c1cc(OC2CCc3ccc(C(=O)NO)cc3C2)ccn1. The van der Waals surface area contributed by atoms with Crippen LogP contribution in [0, 0.1) is 0 Å². The van der Waals surface area contributed by atoms with Crippen LogP contribution in [0.25, 0.3) is 0 Å². The fourth-order valence-electron chi connectivity index (χ4n) is 3.05. The largest absolute Gasteiger partial charge is 0.490 e. The molecule has 1 aromatic carbocycles. The summed E-state index contributed by atoms with van der Waals surface area (Å²) in [7, 11) is 3.35. The van der Waals surface area contributed by atoms with Gasteiger partial charge < -0.3 is 9.64 Å². The van der Waals surface area contributed by atoms with Gasteiger partial charge in [0.1, 0.15) is 17.5 Å². The van der Waals surface area contributed by atoms with Crippen molar-refractivity contribution in [3.63, 3.8) is 0 Å². The number of aromatic nitrogens is 1. The van der Waals surface area contributed by atoms with Gasteiger partial charge in [-0.3, -0.25) is 19.8 Å². The molecule has 26 heavy (non-hydrogen) atoms. The molecule has 0 radical (unpaired) electrons. The average molecular weight is 355 g/mol. The molecule has 1 heterocycles. The fourth-order valence-corrected chi connectivity index (χ4v) is 3.05. The molecular weight excluding hydrogens is 334 g/mol. The molecule has 2 N–H and O–H groups in total. The number of pyridine rings is 1. The Morgan fingerprint density at radius 1 is 1.23 bits per heavy atom. The maximum Gasteiger partial charge on any atom is 0.274 e. The fraction of sp³-hybridized carbons (Fsp3) is 0.316. The first-order valence-electron chi connectivity index (χ1n) is 8.38. The van der Waals surface area contributed by atoms with Crippen LogP contribution in [0.4, 0.5) is 0 Å². The lowest BCUT2D eigenvalue weighted by Gasteiger charge is -2.26. The lowest BCUT2D eigenvalue weighted by Crippen LogP contribution is -2.27. The van der Waals surface area contributed by atoms with E-state index in [-0.39, 0.29) is 12.0 Å². The van der Waals surface area contributed by atoms with E-state index in [0.717, 1.165) is 18.4 Å². The smallest absolute Gasteiger partial charge is 0.274 e. The lowest BCUT2D eigenvalue weighted by atomic mass is 9.88. The van der Waals surface area contributed by atoms with E-state index in [0.29, 0.717) is 23.4 Å². The highest BCUT2D eigenvalue weighted by molar-refractivity contribution is 5.93. The van der Waals surface area contributed by atoms with Crippen molar-refractivity contribution >= 4 is 11.8 Å². The van der Waals surface area contributed by atoms with Gasteiger partial charge in [0.15, 0.2) is 0 Å². The summed E-state index contributed by atoms with van der Waals surface area (Å²) in [5, 5.41) is 8.79. The summed E-state index contributed by atoms with van der Waals surface area (Å²) in [5.41, 5.74) is 4.61. The van der Waals surface area contributed by atoms with E-state index in [4.69, 9.17) is 9.94 Å². The number of amides is 2. The van der Waals surface area contributed by atoms with Crippen LogP contribution in [0.1, 0.15) is 38.4 Å². The third-order valence-corrected chi connectivity index (χ3v) is 4.41. The van der Waals surface area contributed by atoms with E-state index >= 15 is 0 Å². The molecule has 2 aromatic rings. The normalized spacial score (nSPS) is 15.7. The summed E-state index contributed by atoms with van der Waals surface area (Å²) >= 11 is 0. The van der Waals surface area contributed by atoms with E-state index in [1.54, 1.807) is 50.0 Å². The highest BCUT2D eigenvalue weighted by Crippen LogP contribution is 2.26. The molecule has 0 saturated heterocycles. The quantitative estimate of drug-likeness (QED) is 0.645.